The molecule has 0 bridgehead atoms. The van der Waals surface area contributed by atoms with Gasteiger partial charge in [-0.15, -0.1) is 0 Å². The lowest BCUT2D eigenvalue weighted by Crippen LogP contribution is -2.50. The molecule has 0 aliphatic carbocycles. The number of nitrogens with zero attached hydrogens (tertiary/aromatic N) is 5. The number of aromatic amines is 1. The minimum Gasteiger partial charge on any atom is -0.367 e. The maximum Gasteiger partial charge on any atom is 0.271 e. The van der Waals surface area contributed by atoms with E-state index < -0.39 is 11.4 Å². The van der Waals surface area contributed by atoms with Crippen LogP contribution in [0.2, 0.25) is 5.02 Å². The number of rotatable bonds is 4. The second kappa shape index (κ2) is 9.94. The van der Waals surface area contributed by atoms with Crippen LogP contribution in [-0.2, 0) is 6.54 Å². The van der Waals surface area contributed by atoms with Crippen LogP contribution < -0.4 is 15.8 Å². The van der Waals surface area contributed by atoms with Gasteiger partial charge in [0.15, 0.2) is 5.82 Å². The van der Waals surface area contributed by atoms with Crippen molar-refractivity contribution in [2.75, 3.05) is 38.1 Å². The second-order valence-corrected chi connectivity index (χ2v) is 11.3. The number of pyridine rings is 1. The summed E-state index contributed by atoms with van der Waals surface area (Å²) >= 11 is 6.92. The molecule has 2 N–H and O–H groups in total. The number of anilines is 1. The molecule has 2 aliphatic heterocycles. The highest BCUT2D eigenvalue weighted by molar-refractivity contribution is 6.35. The largest absolute Gasteiger partial charge is 0.367 e. The Labute approximate surface area is 231 Å². The molecule has 2 fully saturated rings. The quantitative estimate of drug-likeness (QED) is 0.393. The summed E-state index contributed by atoms with van der Waals surface area (Å²) in [5, 5.41) is 22.2. The minimum absolute atomic E-state index is 0.0357. The van der Waals surface area contributed by atoms with E-state index in [0.29, 0.717) is 42.8 Å². The third-order valence-electron chi connectivity index (χ3n) is 8.36. The number of H-pyrrole nitrogens is 1. The van der Waals surface area contributed by atoms with Crippen molar-refractivity contribution in [1.29, 1.82) is 5.26 Å². The second-order valence-electron chi connectivity index (χ2n) is 10.9. The number of benzene rings is 2. The smallest absolute Gasteiger partial charge is 0.271 e. The highest BCUT2D eigenvalue weighted by atomic mass is 35.5. The number of likely N-dealkylation sites (tertiary alicyclic amines) is 1. The normalized spacial score (nSPS) is 20.3. The Bertz CT molecular complexity index is 1700. The third kappa shape index (κ3) is 4.18. The zero-order valence-corrected chi connectivity index (χ0v) is 23.1. The summed E-state index contributed by atoms with van der Waals surface area (Å²) in [6.07, 6.45) is 3.58. The fraction of sp³-hybridized carbons (Fsp3) is 0.414. The molecule has 2 aromatic heterocycles. The fourth-order valence-electron chi connectivity index (χ4n) is 6.37. The molecule has 0 radical (unpaired) electrons. The summed E-state index contributed by atoms with van der Waals surface area (Å²) in [4.78, 5) is 18.3. The van der Waals surface area contributed by atoms with Gasteiger partial charge < -0.3 is 19.7 Å². The summed E-state index contributed by atoms with van der Waals surface area (Å²) in [7, 11) is 2.02. The maximum absolute atomic E-state index is 17.1. The number of halogens is 2. The molecule has 39 heavy (non-hydrogen) atoms. The molecule has 4 heterocycles. The molecule has 2 saturated heterocycles. The van der Waals surface area contributed by atoms with Crippen LogP contribution in [0.1, 0.15) is 30.9 Å². The lowest BCUT2D eigenvalue weighted by Gasteiger charge is -2.35. The van der Waals surface area contributed by atoms with Crippen molar-refractivity contribution in [3.8, 4) is 17.2 Å². The predicted molar refractivity (Wildman–Crippen MR) is 153 cm³/mol. The number of fused-ring (bicyclic) bond motifs is 2. The first-order valence-corrected chi connectivity index (χ1v) is 13.8. The van der Waals surface area contributed by atoms with Gasteiger partial charge >= 0.3 is 0 Å². The Hall–Kier alpha value is -3.45. The Morgan fingerprint density at radius 3 is 2.79 bits per heavy atom. The maximum atomic E-state index is 17.1. The van der Waals surface area contributed by atoms with Gasteiger partial charge in [-0.2, -0.15) is 10.4 Å². The topological polar surface area (TPSA) is 93.0 Å². The minimum atomic E-state index is -0.555. The molecule has 2 aromatic carbocycles. The number of aryl methyl sites for hydroxylation is 1. The number of hydrogen-bond donors (Lipinski definition) is 2. The monoisotopic (exact) mass is 547 g/mol. The first-order chi connectivity index (χ1) is 18.8. The van der Waals surface area contributed by atoms with E-state index in [1.165, 1.54) is 4.57 Å². The van der Waals surface area contributed by atoms with Crippen molar-refractivity contribution in [1.82, 2.24) is 25.0 Å². The molecular weight excluding hydrogens is 517 g/mol. The van der Waals surface area contributed by atoms with E-state index >= 15 is 4.39 Å². The summed E-state index contributed by atoms with van der Waals surface area (Å²) in [6, 6.07) is 7.94. The Morgan fingerprint density at radius 2 is 2.08 bits per heavy atom. The molecule has 8 nitrogen and oxygen atoms in total. The van der Waals surface area contributed by atoms with E-state index in [4.69, 9.17) is 11.6 Å². The first-order valence-electron chi connectivity index (χ1n) is 13.4. The van der Waals surface area contributed by atoms with E-state index in [0.717, 1.165) is 35.9 Å². The molecule has 202 valence electrons. The SMILES string of the molecule is Cc1ccc2[nH]ncc2c1-c1c(Cl)cc2c(N3CCNC(C)C3)c(C#N)c(=O)n(CC3CCCN3C)c2c1F. The lowest BCUT2D eigenvalue weighted by atomic mass is 9.94. The lowest BCUT2D eigenvalue weighted by molar-refractivity contribution is 0.282. The predicted octanol–water partition coefficient (Wildman–Crippen LogP) is 4.41. The molecule has 10 heteroatoms. The first kappa shape index (κ1) is 25.8. The summed E-state index contributed by atoms with van der Waals surface area (Å²) in [5.74, 6) is -0.555. The molecule has 0 spiro atoms. The van der Waals surface area contributed by atoms with Gasteiger partial charge in [-0.25, -0.2) is 4.39 Å². The van der Waals surface area contributed by atoms with Crippen LogP contribution >= 0.6 is 11.6 Å². The van der Waals surface area contributed by atoms with Crippen LogP contribution in [0.3, 0.4) is 0 Å². The van der Waals surface area contributed by atoms with Gasteiger partial charge in [-0.3, -0.25) is 9.89 Å². The van der Waals surface area contributed by atoms with Gasteiger partial charge in [-0.05, 0) is 58.0 Å². The Balaban J connectivity index is 1.71. The average Bonchev–Trinajstić information content (AvgIpc) is 3.55. The molecule has 4 aromatic rings. The van der Waals surface area contributed by atoms with E-state index in [1.807, 2.05) is 31.0 Å². The van der Waals surface area contributed by atoms with Gasteiger partial charge in [0.25, 0.3) is 5.56 Å². The van der Waals surface area contributed by atoms with Crippen molar-refractivity contribution < 1.29 is 4.39 Å². The molecular formula is C29H31ClFN7O. The molecule has 2 aliphatic rings. The molecule has 2 unspecified atom stereocenters. The van der Waals surface area contributed by atoms with Crippen LogP contribution in [0.4, 0.5) is 10.1 Å². The standard InChI is InChI=1S/C29H31ClFN7O/c1-16-6-7-23-21(13-34-35-23)24(16)25-22(30)11-19-27(37-10-8-33-17(2)14-37)20(12-32)29(39)38(28(19)26(25)31)15-18-5-4-9-36(18)3/h6-7,11,13,17-18,33H,4-5,8-10,14-15H2,1-3H3,(H,34,35). The number of nitrogens with one attached hydrogen (secondary N) is 2. The zero-order valence-electron chi connectivity index (χ0n) is 22.3. The van der Waals surface area contributed by atoms with Gasteiger partial charge in [0.2, 0.25) is 0 Å². The highest BCUT2D eigenvalue weighted by Gasteiger charge is 2.31. The van der Waals surface area contributed by atoms with Crippen molar-refractivity contribution in [3.05, 3.63) is 56.7 Å². The number of nitriles is 1. The summed E-state index contributed by atoms with van der Waals surface area (Å²) < 4.78 is 18.6. The summed E-state index contributed by atoms with van der Waals surface area (Å²) in [5.41, 5.74) is 2.73. The fourth-order valence-corrected chi connectivity index (χ4v) is 6.66. The van der Waals surface area contributed by atoms with Crippen LogP contribution in [0.25, 0.3) is 32.9 Å². The van der Waals surface area contributed by atoms with Crippen LogP contribution in [0, 0.1) is 24.1 Å². The third-order valence-corrected chi connectivity index (χ3v) is 8.66. The van der Waals surface area contributed by atoms with Gasteiger partial charge in [-0.1, -0.05) is 17.7 Å². The van der Waals surface area contributed by atoms with Crippen molar-refractivity contribution in [2.24, 2.45) is 0 Å². The number of likely N-dealkylation sites (N-methyl/N-ethyl adjacent to an activating group) is 1. The van der Waals surface area contributed by atoms with E-state index in [-0.39, 0.29) is 33.7 Å². The summed E-state index contributed by atoms with van der Waals surface area (Å²) in [6.45, 7) is 7.06. The van der Waals surface area contributed by atoms with E-state index in [2.05, 4.69) is 33.4 Å². The van der Waals surface area contributed by atoms with Crippen LogP contribution in [0.15, 0.2) is 29.2 Å². The number of hydrogen-bond acceptors (Lipinski definition) is 6. The Kier molecular flexibility index (Phi) is 6.58. The van der Waals surface area contributed by atoms with Crippen molar-refractivity contribution in [3.63, 3.8) is 0 Å². The van der Waals surface area contributed by atoms with Crippen molar-refractivity contribution in [2.45, 2.75) is 45.3 Å². The van der Waals surface area contributed by atoms with Crippen LogP contribution in [-0.4, -0.2) is 65.0 Å². The number of piperazine rings is 1. The van der Waals surface area contributed by atoms with Gasteiger partial charge in [0, 0.05) is 60.2 Å². The van der Waals surface area contributed by atoms with E-state index in [1.54, 1.807) is 12.3 Å². The molecule has 0 amide bonds. The van der Waals surface area contributed by atoms with Gasteiger partial charge in [0.05, 0.1) is 27.9 Å². The molecule has 2 atom stereocenters. The van der Waals surface area contributed by atoms with Gasteiger partial charge in [0.1, 0.15) is 11.6 Å². The molecule has 6 rings (SSSR count). The Morgan fingerprint density at radius 1 is 1.26 bits per heavy atom. The average molecular weight is 548 g/mol. The van der Waals surface area contributed by atoms with E-state index in [9.17, 15) is 10.1 Å². The highest BCUT2D eigenvalue weighted by Crippen LogP contribution is 2.43. The zero-order chi connectivity index (χ0) is 27.4. The molecule has 0 saturated carbocycles. The van der Waals surface area contributed by atoms with Crippen LogP contribution in [0.5, 0.6) is 0 Å². The number of aromatic nitrogens is 3. The van der Waals surface area contributed by atoms with Crippen molar-refractivity contribution >= 4 is 39.1 Å².